The van der Waals surface area contributed by atoms with E-state index >= 15 is 0 Å². The first kappa shape index (κ1) is 10.6. The predicted molar refractivity (Wildman–Crippen MR) is 73.0 cm³/mol. The molecule has 0 spiro atoms. The van der Waals surface area contributed by atoms with Crippen LogP contribution >= 0.6 is 54.5 Å². The molecule has 0 amide bonds. The van der Waals surface area contributed by atoms with Gasteiger partial charge in [0, 0.05) is 19.7 Å². The summed E-state index contributed by atoms with van der Waals surface area (Å²) >= 11 is 10.4. The molecular formula is C10H6Br2S2. The van der Waals surface area contributed by atoms with Gasteiger partial charge in [-0.3, -0.25) is 0 Å². The van der Waals surface area contributed by atoms with Gasteiger partial charge in [0.1, 0.15) is 0 Å². The summed E-state index contributed by atoms with van der Waals surface area (Å²) in [5, 5.41) is 8.42. The van der Waals surface area contributed by atoms with E-state index in [0.29, 0.717) is 0 Å². The number of hydrogen-bond donors (Lipinski definition) is 0. The fraction of sp³-hybridized carbons (Fsp3) is 0. The molecule has 2 rings (SSSR count). The van der Waals surface area contributed by atoms with Gasteiger partial charge in [0.05, 0.1) is 0 Å². The molecule has 2 aromatic heterocycles. The third kappa shape index (κ3) is 2.37. The molecule has 0 aliphatic heterocycles. The average Bonchev–Trinajstić information content (AvgIpc) is 2.72. The average molecular weight is 350 g/mol. The topological polar surface area (TPSA) is 0 Å². The Balaban J connectivity index is 2.23. The van der Waals surface area contributed by atoms with Gasteiger partial charge >= 0.3 is 0 Å². The molecule has 0 radical (unpaired) electrons. The molecule has 0 nitrogen and oxygen atoms in total. The van der Waals surface area contributed by atoms with E-state index in [4.69, 9.17) is 0 Å². The minimum absolute atomic E-state index is 1.16. The normalized spacial score (nSPS) is 11.3. The summed E-state index contributed by atoms with van der Waals surface area (Å²) in [4.78, 5) is 0. The molecule has 2 aromatic rings. The zero-order valence-corrected chi connectivity index (χ0v) is 11.8. The van der Waals surface area contributed by atoms with Crippen molar-refractivity contribution in [1.29, 1.82) is 0 Å². The Morgan fingerprint density at radius 2 is 1.21 bits per heavy atom. The number of hydrogen-bond acceptors (Lipinski definition) is 2. The highest BCUT2D eigenvalue weighted by atomic mass is 79.9. The molecule has 14 heavy (non-hydrogen) atoms. The Kier molecular flexibility index (Phi) is 3.60. The van der Waals surface area contributed by atoms with Crippen molar-refractivity contribution in [2.45, 2.75) is 0 Å². The zero-order chi connectivity index (χ0) is 9.97. The molecule has 0 unspecified atom stereocenters. The van der Waals surface area contributed by atoms with Crippen LogP contribution in [0.5, 0.6) is 0 Å². The Bertz CT molecular complexity index is 412. The maximum Gasteiger partial charge on any atom is 0.0354 e. The second kappa shape index (κ2) is 4.75. The number of halogens is 2. The number of thiophene rings is 2. The van der Waals surface area contributed by atoms with Crippen molar-refractivity contribution in [3.63, 3.8) is 0 Å². The molecule has 0 aliphatic rings. The fourth-order valence-corrected chi connectivity index (χ4v) is 3.80. The molecule has 72 valence electrons. The van der Waals surface area contributed by atoms with E-state index < -0.39 is 0 Å². The van der Waals surface area contributed by atoms with Crippen LogP contribution in [0.25, 0.3) is 12.2 Å². The molecule has 2 heterocycles. The highest BCUT2D eigenvalue weighted by Gasteiger charge is 1.98. The smallest absolute Gasteiger partial charge is 0.0354 e. The Labute approximate surface area is 108 Å². The van der Waals surface area contributed by atoms with E-state index in [2.05, 4.69) is 65.5 Å². The summed E-state index contributed by atoms with van der Waals surface area (Å²) in [6, 6.07) is 0. The molecule has 0 aliphatic carbocycles. The lowest BCUT2D eigenvalue weighted by Gasteiger charge is -1.89. The van der Waals surface area contributed by atoms with Crippen LogP contribution in [0.4, 0.5) is 0 Å². The Morgan fingerprint density at radius 3 is 1.50 bits per heavy atom. The second-order valence-electron chi connectivity index (χ2n) is 2.68. The molecule has 4 heteroatoms. The lowest BCUT2D eigenvalue weighted by molar-refractivity contribution is 1.77. The third-order valence-electron chi connectivity index (χ3n) is 1.73. The zero-order valence-electron chi connectivity index (χ0n) is 7.04. The summed E-state index contributed by atoms with van der Waals surface area (Å²) in [5.74, 6) is 0. The quantitative estimate of drug-likeness (QED) is 0.671. The minimum Gasteiger partial charge on any atom is -0.151 e. The van der Waals surface area contributed by atoms with E-state index in [-0.39, 0.29) is 0 Å². The lowest BCUT2D eigenvalue weighted by atomic mass is 10.2. The highest BCUT2D eigenvalue weighted by Crippen LogP contribution is 2.26. The van der Waals surface area contributed by atoms with Gasteiger partial charge in [0.25, 0.3) is 0 Å². The lowest BCUT2D eigenvalue weighted by Crippen LogP contribution is -1.66. The van der Waals surface area contributed by atoms with Gasteiger partial charge in [0.15, 0.2) is 0 Å². The van der Waals surface area contributed by atoms with Crippen LogP contribution in [-0.2, 0) is 0 Å². The predicted octanol–water partition coefficient (Wildman–Crippen LogP) is 5.51. The fourth-order valence-electron chi connectivity index (χ4n) is 1.00. The Morgan fingerprint density at radius 1 is 0.786 bits per heavy atom. The van der Waals surface area contributed by atoms with Crippen LogP contribution in [-0.4, -0.2) is 0 Å². The van der Waals surface area contributed by atoms with Gasteiger partial charge in [-0.1, -0.05) is 12.2 Å². The van der Waals surface area contributed by atoms with Gasteiger partial charge in [-0.15, -0.1) is 0 Å². The molecule has 0 aromatic carbocycles. The molecule has 0 N–H and O–H groups in total. The van der Waals surface area contributed by atoms with E-state index in [1.807, 2.05) is 0 Å². The summed E-state index contributed by atoms with van der Waals surface area (Å²) in [7, 11) is 0. The largest absolute Gasteiger partial charge is 0.151 e. The van der Waals surface area contributed by atoms with Crippen LogP contribution in [0.15, 0.2) is 30.5 Å². The van der Waals surface area contributed by atoms with Crippen LogP contribution in [0.1, 0.15) is 11.1 Å². The number of rotatable bonds is 2. The molecule has 0 saturated carbocycles. The third-order valence-corrected chi connectivity index (χ3v) is 5.23. The van der Waals surface area contributed by atoms with Gasteiger partial charge in [-0.25, -0.2) is 0 Å². The van der Waals surface area contributed by atoms with Crippen molar-refractivity contribution in [3.05, 3.63) is 41.6 Å². The van der Waals surface area contributed by atoms with E-state index in [1.165, 1.54) is 11.1 Å². The van der Waals surface area contributed by atoms with Gasteiger partial charge in [0.2, 0.25) is 0 Å². The molecular weight excluding hydrogens is 344 g/mol. The van der Waals surface area contributed by atoms with E-state index in [9.17, 15) is 0 Å². The standard InChI is InChI=1S/C10H6Br2S2/c11-9-5-13-3-7(9)1-2-8-4-14-6-10(8)12/h1-6H/b2-1-. The first-order valence-electron chi connectivity index (χ1n) is 3.89. The molecule has 0 fully saturated rings. The maximum absolute atomic E-state index is 3.50. The molecule has 0 atom stereocenters. The summed E-state index contributed by atoms with van der Waals surface area (Å²) in [6.45, 7) is 0. The van der Waals surface area contributed by atoms with Crippen LogP contribution < -0.4 is 0 Å². The van der Waals surface area contributed by atoms with Crippen LogP contribution in [0.2, 0.25) is 0 Å². The molecule has 0 bridgehead atoms. The van der Waals surface area contributed by atoms with Crippen LogP contribution in [0.3, 0.4) is 0 Å². The maximum atomic E-state index is 3.50. The van der Waals surface area contributed by atoms with Gasteiger partial charge in [-0.2, -0.15) is 22.7 Å². The minimum atomic E-state index is 1.16. The first-order valence-corrected chi connectivity index (χ1v) is 7.36. The summed E-state index contributed by atoms with van der Waals surface area (Å²) in [5.41, 5.74) is 2.46. The monoisotopic (exact) mass is 348 g/mol. The van der Waals surface area contributed by atoms with Crippen molar-refractivity contribution in [2.75, 3.05) is 0 Å². The highest BCUT2D eigenvalue weighted by molar-refractivity contribution is 9.11. The van der Waals surface area contributed by atoms with E-state index in [0.717, 1.165) is 8.95 Å². The van der Waals surface area contributed by atoms with E-state index in [1.54, 1.807) is 22.7 Å². The van der Waals surface area contributed by atoms with Gasteiger partial charge < -0.3 is 0 Å². The second-order valence-corrected chi connectivity index (χ2v) is 5.88. The SMILES string of the molecule is Brc1cscc1/C=C\c1cscc1Br. The van der Waals surface area contributed by atoms with Crippen molar-refractivity contribution in [3.8, 4) is 0 Å². The van der Waals surface area contributed by atoms with Crippen molar-refractivity contribution < 1.29 is 0 Å². The van der Waals surface area contributed by atoms with Gasteiger partial charge in [-0.05, 0) is 53.7 Å². The molecule has 0 saturated heterocycles. The summed E-state index contributed by atoms with van der Waals surface area (Å²) in [6.07, 6.45) is 4.24. The first-order chi connectivity index (χ1) is 6.77. The van der Waals surface area contributed by atoms with Crippen LogP contribution in [0, 0.1) is 0 Å². The van der Waals surface area contributed by atoms with Crippen molar-refractivity contribution >= 4 is 66.7 Å². The van der Waals surface area contributed by atoms with Crippen molar-refractivity contribution in [2.24, 2.45) is 0 Å². The van der Waals surface area contributed by atoms with Crippen molar-refractivity contribution in [1.82, 2.24) is 0 Å². The Hall–Kier alpha value is 0.1000. The summed E-state index contributed by atoms with van der Waals surface area (Å²) < 4.78 is 2.32.